The summed E-state index contributed by atoms with van der Waals surface area (Å²) in [4.78, 5) is 23.1. The highest BCUT2D eigenvalue weighted by Gasteiger charge is 2.24. The lowest BCUT2D eigenvalue weighted by atomic mass is 9.84. The molecule has 140 valence electrons. The predicted octanol–water partition coefficient (Wildman–Crippen LogP) is 4.86. The van der Waals surface area contributed by atoms with Crippen LogP contribution in [-0.4, -0.2) is 30.4 Å². The van der Waals surface area contributed by atoms with Gasteiger partial charge < -0.3 is 14.6 Å². The van der Waals surface area contributed by atoms with Crippen molar-refractivity contribution >= 4 is 12.1 Å². The summed E-state index contributed by atoms with van der Waals surface area (Å²) >= 11 is 0. The maximum Gasteiger partial charge on any atom is 0.508 e. The molecule has 0 fully saturated rings. The van der Waals surface area contributed by atoms with E-state index in [9.17, 15) is 14.7 Å². The number of unbranched alkanes of at least 4 members (excludes halogenated alkanes) is 1. The number of carbonyl (C=O) groups excluding carboxylic acids is 1. The van der Waals surface area contributed by atoms with E-state index in [-0.39, 0.29) is 6.61 Å². The number of carbonyl (C=O) groups is 2. The molecule has 0 unspecified atom stereocenters. The third kappa shape index (κ3) is 7.59. The molecule has 1 aromatic carbocycles. The molecule has 1 aromatic rings. The summed E-state index contributed by atoms with van der Waals surface area (Å²) in [5, 5.41) is 9.42. The number of hydrogen-bond acceptors (Lipinski definition) is 4. The van der Waals surface area contributed by atoms with Gasteiger partial charge in [0.1, 0.15) is 6.61 Å². The van der Waals surface area contributed by atoms with Crippen molar-refractivity contribution in [3.8, 4) is 0 Å². The maximum absolute atomic E-state index is 11.6. The first-order chi connectivity index (χ1) is 11.8. The zero-order valence-electron chi connectivity index (χ0n) is 15.8. The summed E-state index contributed by atoms with van der Waals surface area (Å²) in [5.41, 5.74) is 1.81. The number of carboxylic acid groups (broad SMARTS) is 1. The standard InChI is InChI=1S/C20H30O5/c1-5-7-11-24-19(23)25-14-20(3,4)13-16-12-15(8-6-2)9-10-17(16)18(21)22/h9-10,12H,5-8,11,13-14H2,1-4H3,(H,21,22). The summed E-state index contributed by atoms with van der Waals surface area (Å²) in [6.07, 6.45) is 3.51. The molecule has 0 saturated carbocycles. The molecule has 25 heavy (non-hydrogen) atoms. The zero-order chi connectivity index (χ0) is 18.9. The van der Waals surface area contributed by atoms with Gasteiger partial charge in [-0.1, -0.05) is 52.7 Å². The number of benzene rings is 1. The number of aromatic carboxylic acids is 1. The summed E-state index contributed by atoms with van der Waals surface area (Å²) in [7, 11) is 0. The Labute approximate surface area is 150 Å². The fourth-order valence-electron chi connectivity index (χ4n) is 2.61. The molecule has 1 N–H and O–H groups in total. The van der Waals surface area contributed by atoms with Crippen LogP contribution < -0.4 is 0 Å². The van der Waals surface area contributed by atoms with E-state index in [0.717, 1.165) is 36.8 Å². The van der Waals surface area contributed by atoms with Gasteiger partial charge in [-0.25, -0.2) is 9.59 Å². The monoisotopic (exact) mass is 350 g/mol. The molecule has 0 saturated heterocycles. The van der Waals surface area contributed by atoms with Crippen LogP contribution in [0.3, 0.4) is 0 Å². The van der Waals surface area contributed by atoms with Crippen molar-refractivity contribution in [1.82, 2.24) is 0 Å². The SMILES string of the molecule is CCCCOC(=O)OCC(C)(C)Cc1cc(CCC)ccc1C(=O)O. The third-order valence-corrected chi connectivity index (χ3v) is 3.91. The lowest BCUT2D eigenvalue weighted by molar-refractivity contribution is 0.0288. The van der Waals surface area contributed by atoms with Crippen LogP contribution in [0.4, 0.5) is 4.79 Å². The molecule has 0 radical (unpaired) electrons. The number of carboxylic acids is 1. The summed E-state index contributed by atoms with van der Waals surface area (Å²) in [6.45, 7) is 8.54. The van der Waals surface area contributed by atoms with Gasteiger partial charge in [-0.15, -0.1) is 0 Å². The van der Waals surface area contributed by atoms with Crippen molar-refractivity contribution in [3.63, 3.8) is 0 Å². The minimum atomic E-state index is -0.936. The van der Waals surface area contributed by atoms with Crippen LogP contribution in [0.2, 0.25) is 0 Å². The van der Waals surface area contributed by atoms with Crippen LogP contribution in [0.5, 0.6) is 0 Å². The Bertz CT molecular complexity index is 577. The number of ether oxygens (including phenoxy) is 2. The molecular weight excluding hydrogens is 320 g/mol. The molecule has 0 bridgehead atoms. The highest BCUT2D eigenvalue weighted by Crippen LogP contribution is 2.26. The van der Waals surface area contributed by atoms with Gasteiger partial charge >= 0.3 is 12.1 Å². The van der Waals surface area contributed by atoms with E-state index in [0.29, 0.717) is 18.6 Å². The average Bonchev–Trinajstić information content (AvgIpc) is 2.53. The van der Waals surface area contributed by atoms with E-state index in [1.54, 1.807) is 6.07 Å². The van der Waals surface area contributed by atoms with Crippen LogP contribution in [0.1, 0.15) is 68.4 Å². The quantitative estimate of drug-likeness (QED) is 0.482. The fourth-order valence-corrected chi connectivity index (χ4v) is 2.61. The maximum atomic E-state index is 11.6. The van der Waals surface area contributed by atoms with Crippen molar-refractivity contribution in [3.05, 3.63) is 34.9 Å². The molecule has 0 aliphatic heterocycles. The molecule has 0 spiro atoms. The van der Waals surface area contributed by atoms with E-state index >= 15 is 0 Å². The Morgan fingerprint density at radius 2 is 1.84 bits per heavy atom. The zero-order valence-corrected chi connectivity index (χ0v) is 15.8. The second-order valence-electron chi connectivity index (χ2n) is 7.13. The van der Waals surface area contributed by atoms with Gasteiger partial charge in [0.05, 0.1) is 12.2 Å². The Balaban J connectivity index is 2.75. The number of hydrogen-bond donors (Lipinski definition) is 1. The minimum Gasteiger partial charge on any atom is -0.478 e. The number of aryl methyl sites for hydroxylation is 1. The highest BCUT2D eigenvalue weighted by atomic mass is 16.7. The topological polar surface area (TPSA) is 72.8 Å². The first-order valence-corrected chi connectivity index (χ1v) is 8.93. The molecule has 0 amide bonds. The largest absolute Gasteiger partial charge is 0.508 e. The predicted molar refractivity (Wildman–Crippen MR) is 97.1 cm³/mol. The van der Waals surface area contributed by atoms with Gasteiger partial charge in [0.2, 0.25) is 0 Å². The van der Waals surface area contributed by atoms with E-state index in [4.69, 9.17) is 9.47 Å². The molecule has 1 rings (SSSR count). The number of rotatable bonds is 10. The normalized spacial score (nSPS) is 11.2. The van der Waals surface area contributed by atoms with Gasteiger partial charge in [0.25, 0.3) is 0 Å². The molecular formula is C20H30O5. The van der Waals surface area contributed by atoms with Crippen LogP contribution in [-0.2, 0) is 22.3 Å². The molecule has 0 aliphatic rings. The third-order valence-electron chi connectivity index (χ3n) is 3.91. The molecule has 0 heterocycles. The second-order valence-corrected chi connectivity index (χ2v) is 7.13. The molecule has 5 nitrogen and oxygen atoms in total. The lowest BCUT2D eigenvalue weighted by Gasteiger charge is -2.25. The minimum absolute atomic E-state index is 0.176. The Morgan fingerprint density at radius 1 is 1.12 bits per heavy atom. The van der Waals surface area contributed by atoms with Crippen molar-refractivity contribution in [2.24, 2.45) is 5.41 Å². The van der Waals surface area contributed by atoms with Crippen LogP contribution >= 0.6 is 0 Å². The molecule has 5 heteroatoms. The van der Waals surface area contributed by atoms with Crippen molar-refractivity contribution in [1.29, 1.82) is 0 Å². The van der Waals surface area contributed by atoms with E-state index in [1.807, 2.05) is 32.9 Å². The Hall–Kier alpha value is -2.04. The van der Waals surface area contributed by atoms with Crippen molar-refractivity contribution in [2.45, 2.75) is 59.8 Å². The van der Waals surface area contributed by atoms with Crippen LogP contribution in [0, 0.1) is 5.41 Å². The van der Waals surface area contributed by atoms with Crippen LogP contribution in [0.15, 0.2) is 18.2 Å². The van der Waals surface area contributed by atoms with E-state index < -0.39 is 17.5 Å². The van der Waals surface area contributed by atoms with Gasteiger partial charge in [-0.05, 0) is 36.5 Å². The Morgan fingerprint density at radius 3 is 2.44 bits per heavy atom. The lowest BCUT2D eigenvalue weighted by Crippen LogP contribution is -2.26. The van der Waals surface area contributed by atoms with Gasteiger partial charge in [0.15, 0.2) is 0 Å². The molecule has 0 aliphatic carbocycles. The summed E-state index contributed by atoms with van der Waals surface area (Å²) in [5.74, 6) is -0.936. The first kappa shape index (κ1) is 21.0. The summed E-state index contributed by atoms with van der Waals surface area (Å²) in [6, 6.07) is 5.48. The first-order valence-electron chi connectivity index (χ1n) is 8.93. The molecule has 0 aromatic heterocycles. The van der Waals surface area contributed by atoms with Crippen LogP contribution in [0.25, 0.3) is 0 Å². The fraction of sp³-hybridized carbons (Fsp3) is 0.600. The van der Waals surface area contributed by atoms with Crippen molar-refractivity contribution < 1.29 is 24.2 Å². The highest BCUT2D eigenvalue weighted by molar-refractivity contribution is 5.89. The van der Waals surface area contributed by atoms with E-state index in [1.165, 1.54) is 0 Å². The average molecular weight is 350 g/mol. The smallest absolute Gasteiger partial charge is 0.478 e. The van der Waals surface area contributed by atoms with E-state index in [2.05, 4.69) is 6.92 Å². The van der Waals surface area contributed by atoms with Gasteiger partial charge in [-0.2, -0.15) is 0 Å². The van der Waals surface area contributed by atoms with Gasteiger partial charge in [-0.3, -0.25) is 0 Å². The van der Waals surface area contributed by atoms with Gasteiger partial charge in [0, 0.05) is 5.41 Å². The Kier molecular flexibility index (Phi) is 8.46. The van der Waals surface area contributed by atoms with Crippen molar-refractivity contribution in [2.75, 3.05) is 13.2 Å². The molecule has 0 atom stereocenters. The second kappa shape index (κ2) is 10.1. The summed E-state index contributed by atoms with van der Waals surface area (Å²) < 4.78 is 10.2.